The Balaban J connectivity index is 2.15. The molecule has 0 radical (unpaired) electrons. The van der Waals surface area contributed by atoms with Crippen molar-refractivity contribution in [3.05, 3.63) is 57.6 Å². The summed E-state index contributed by atoms with van der Waals surface area (Å²) in [5, 5.41) is 2.49. The van der Waals surface area contributed by atoms with Gasteiger partial charge in [0.05, 0.1) is 15.7 Å². The van der Waals surface area contributed by atoms with Crippen molar-refractivity contribution >= 4 is 40.8 Å². The number of nitrogens with one attached hydrogen (secondary N) is 2. The predicted octanol–water partition coefficient (Wildman–Crippen LogP) is 5.47. The van der Waals surface area contributed by atoms with E-state index in [1.165, 1.54) is 0 Å². The number of amides is 3. The number of hydrogen-bond acceptors (Lipinski definition) is 3. The van der Waals surface area contributed by atoms with Crippen molar-refractivity contribution in [2.45, 2.75) is 12.5 Å². The normalized spacial score (nSPS) is 11.3. The summed E-state index contributed by atoms with van der Waals surface area (Å²) in [5.74, 6) is -4.77. The Bertz CT molecular complexity index is 938. The second-order valence-corrected chi connectivity index (χ2v) is 6.05. The van der Waals surface area contributed by atoms with Crippen LogP contribution in [-0.2, 0) is 0 Å². The molecule has 0 bridgehead atoms. The van der Waals surface area contributed by atoms with Crippen molar-refractivity contribution < 1.29 is 40.7 Å². The zero-order valence-electron chi connectivity index (χ0n) is 13.7. The second-order valence-electron chi connectivity index (χ2n) is 5.23. The Kier molecular flexibility index (Phi) is 6.85. The lowest BCUT2D eigenvalue weighted by atomic mass is 10.2. The number of carbonyl (C=O) groups is 2. The maximum atomic E-state index is 13.5. The summed E-state index contributed by atoms with van der Waals surface area (Å²) in [6.45, 7) is 0. The largest absolute Gasteiger partial charge is 0.461 e. The molecule has 156 valence electrons. The third-order valence-corrected chi connectivity index (χ3v) is 3.79. The van der Waals surface area contributed by atoms with Crippen LogP contribution in [0.5, 0.6) is 5.75 Å². The molecule has 29 heavy (non-hydrogen) atoms. The van der Waals surface area contributed by atoms with Gasteiger partial charge in [-0.2, -0.15) is 17.6 Å². The maximum Gasteiger partial charge on any atom is 0.461 e. The topological polar surface area (TPSA) is 67.4 Å². The first-order valence-electron chi connectivity index (χ1n) is 7.32. The van der Waals surface area contributed by atoms with Crippen molar-refractivity contribution in [1.29, 1.82) is 0 Å². The highest BCUT2D eigenvalue weighted by Crippen LogP contribution is 2.38. The van der Waals surface area contributed by atoms with E-state index in [9.17, 15) is 35.9 Å². The monoisotopic (exact) mass is 460 g/mol. The molecule has 3 amide bonds. The van der Waals surface area contributed by atoms with E-state index in [0.717, 1.165) is 24.3 Å². The van der Waals surface area contributed by atoms with Crippen LogP contribution in [-0.4, -0.2) is 24.5 Å². The van der Waals surface area contributed by atoms with Crippen LogP contribution in [0.25, 0.3) is 0 Å². The molecule has 5 nitrogen and oxygen atoms in total. The van der Waals surface area contributed by atoms with Crippen LogP contribution >= 0.6 is 23.2 Å². The Morgan fingerprint density at radius 3 is 2.17 bits per heavy atom. The Labute approximate surface area is 168 Å². The molecule has 0 saturated heterocycles. The van der Waals surface area contributed by atoms with Gasteiger partial charge < -0.3 is 10.1 Å². The minimum atomic E-state index is -4.85. The van der Waals surface area contributed by atoms with E-state index in [4.69, 9.17) is 23.2 Å². The predicted molar refractivity (Wildman–Crippen MR) is 90.9 cm³/mol. The molecule has 0 spiro atoms. The number of alkyl halides is 4. The molecule has 0 aliphatic heterocycles. The third kappa shape index (κ3) is 5.45. The van der Waals surface area contributed by atoms with Crippen LogP contribution in [0, 0.1) is 11.6 Å². The van der Waals surface area contributed by atoms with E-state index in [1.807, 2.05) is 5.32 Å². The highest BCUT2D eigenvalue weighted by Gasteiger charge is 2.44. The first-order chi connectivity index (χ1) is 13.4. The van der Waals surface area contributed by atoms with Gasteiger partial charge in [0.25, 0.3) is 5.91 Å². The quantitative estimate of drug-likeness (QED) is 0.581. The van der Waals surface area contributed by atoms with E-state index in [2.05, 4.69) is 4.74 Å². The van der Waals surface area contributed by atoms with E-state index in [1.54, 1.807) is 5.32 Å². The number of imide groups is 1. The van der Waals surface area contributed by atoms with Crippen LogP contribution in [0.2, 0.25) is 10.0 Å². The molecule has 0 heterocycles. The van der Waals surface area contributed by atoms with Gasteiger partial charge in [-0.15, -0.1) is 0 Å². The van der Waals surface area contributed by atoms with Gasteiger partial charge in [0.2, 0.25) is 0 Å². The molecular formula is C16H8Cl2F6N2O3. The lowest BCUT2D eigenvalue weighted by Crippen LogP contribution is -2.35. The Morgan fingerprint density at radius 2 is 1.62 bits per heavy atom. The molecule has 0 aromatic heterocycles. The van der Waals surface area contributed by atoms with Crippen LogP contribution in [0.4, 0.5) is 36.8 Å². The average molecular weight is 461 g/mol. The first-order valence-corrected chi connectivity index (χ1v) is 8.08. The first kappa shape index (κ1) is 22.6. The van der Waals surface area contributed by atoms with Crippen LogP contribution in [0.1, 0.15) is 10.4 Å². The molecule has 2 aromatic carbocycles. The van der Waals surface area contributed by atoms with Crippen molar-refractivity contribution in [2.75, 3.05) is 5.32 Å². The molecule has 0 saturated carbocycles. The number of hydrogen-bond donors (Lipinski definition) is 2. The number of urea groups is 1. The molecule has 2 N–H and O–H groups in total. The summed E-state index contributed by atoms with van der Waals surface area (Å²) < 4.78 is 81.2. The van der Waals surface area contributed by atoms with E-state index in [-0.39, 0.29) is 5.69 Å². The van der Waals surface area contributed by atoms with Gasteiger partial charge >= 0.3 is 18.6 Å². The van der Waals surface area contributed by atoms with Gasteiger partial charge in [0.1, 0.15) is 22.9 Å². The number of ether oxygens (including phenoxy) is 1. The summed E-state index contributed by atoms with van der Waals surface area (Å²) in [4.78, 5) is 23.7. The van der Waals surface area contributed by atoms with Crippen molar-refractivity contribution in [2.24, 2.45) is 0 Å². The lowest BCUT2D eigenvalue weighted by Gasteiger charge is -2.18. The molecule has 2 aromatic rings. The number of halogens is 8. The summed E-state index contributed by atoms with van der Waals surface area (Å²) in [7, 11) is 0. The molecule has 0 atom stereocenters. The van der Waals surface area contributed by atoms with Gasteiger partial charge in [-0.05, 0) is 18.2 Å². The zero-order valence-corrected chi connectivity index (χ0v) is 15.2. The number of carbonyl (C=O) groups excluding carboxylic acids is 2. The highest BCUT2D eigenvalue weighted by molar-refractivity contribution is 6.36. The van der Waals surface area contributed by atoms with Crippen molar-refractivity contribution in [3.63, 3.8) is 0 Å². The van der Waals surface area contributed by atoms with E-state index in [0.29, 0.717) is 6.07 Å². The number of rotatable bonds is 5. The standard InChI is InChI=1S/C16H8Cl2F6N2O3/c17-6-5-11(29-16(23,24)14(21)22)7(18)4-10(6)25-15(28)26-13(27)12-8(19)2-1-3-9(12)20/h1-5,14H,(H2,25,26,27,28). The SMILES string of the molecule is O=C(NC(=O)c1c(F)cccc1F)Nc1cc(Cl)c(OC(F)(F)C(F)F)cc1Cl. The van der Waals surface area contributed by atoms with E-state index >= 15 is 0 Å². The molecule has 13 heteroatoms. The Morgan fingerprint density at radius 1 is 1.03 bits per heavy atom. The van der Waals surface area contributed by atoms with Crippen LogP contribution in [0.3, 0.4) is 0 Å². The fraction of sp³-hybridized carbons (Fsp3) is 0.125. The summed E-state index contributed by atoms with van der Waals surface area (Å²) in [6, 6.07) is 2.68. The summed E-state index contributed by atoms with van der Waals surface area (Å²) >= 11 is 11.4. The van der Waals surface area contributed by atoms with Crippen molar-refractivity contribution in [3.8, 4) is 5.75 Å². The van der Waals surface area contributed by atoms with Crippen molar-refractivity contribution in [1.82, 2.24) is 5.32 Å². The van der Waals surface area contributed by atoms with Gasteiger partial charge in [-0.1, -0.05) is 29.3 Å². The van der Waals surface area contributed by atoms with Gasteiger partial charge in [0, 0.05) is 6.07 Å². The van der Waals surface area contributed by atoms with E-state index < -0.39 is 57.5 Å². The maximum absolute atomic E-state index is 13.5. The van der Waals surface area contributed by atoms with Crippen LogP contribution in [0.15, 0.2) is 30.3 Å². The average Bonchev–Trinajstić information content (AvgIpc) is 2.58. The third-order valence-electron chi connectivity index (χ3n) is 3.19. The summed E-state index contributed by atoms with van der Waals surface area (Å²) in [6.07, 6.45) is -9.00. The molecule has 0 fully saturated rings. The fourth-order valence-corrected chi connectivity index (χ4v) is 2.33. The minimum absolute atomic E-state index is 0.344. The minimum Gasteiger partial charge on any atom is -0.427 e. The highest BCUT2D eigenvalue weighted by atomic mass is 35.5. The van der Waals surface area contributed by atoms with Gasteiger partial charge in [-0.25, -0.2) is 13.6 Å². The molecule has 0 aliphatic rings. The number of benzene rings is 2. The number of anilines is 1. The summed E-state index contributed by atoms with van der Waals surface area (Å²) in [5.41, 5.74) is -1.37. The fourth-order valence-electron chi connectivity index (χ4n) is 1.93. The second kappa shape index (κ2) is 8.78. The van der Waals surface area contributed by atoms with Gasteiger partial charge in [-0.3, -0.25) is 10.1 Å². The molecule has 0 aliphatic carbocycles. The Hall–Kier alpha value is -2.66. The molecular weight excluding hydrogens is 453 g/mol. The molecule has 0 unspecified atom stereocenters. The lowest BCUT2D eigenvalue weighted by molar-refractivity contribution is -0.253. The molecule has 2 rings (SSSR count). The smallest absolute Gasteiger partial charge is 0.427 e. The zero-order chi connectivity index (χ0) is 21.9. The van der Waals surface area contributed by atoms with Gasteiger partial charge in [0.15, 0.2) is 0 Å². The van der Waals surface area contributed by atoms with Crippen LogP contribution < -0.4 is 15.4 Å².